The van der Waals surface area contributed by atoms with Gasteiger partial charge in [-0.1, -0.05) is 24.3 Å². The summed E-state index contributed by atoms with van der Waals surface area (Å²) in [6.45, 7) is 5.49. The van der Waals surface area contributed by atoms with Crippen LogP contribution in [0.15, 0.2) is 58.5 Å². The first-order valence-corrected chi connectivity index (χ1v) is 11.4. The molecule has 0 spiro atoms. The lowest BCUT2D eigenvalue weighted by atomic mass is 10.2. The van der Waals surface area contributed by atoms with Gasteiger partial charge in [0, 0.05) is 18.0 Å². The molecule has 9 heteroatoms. The number of nitrogens with zero attached hydrogens (tertiary/aromatic N) is 3. The van der Waals surface area contributed by atoms with E-state index in [1.54, 1.807) is 13.8 Å². The van der Waals surface area contributed by atoms with Crippen LogP contribution in [0.4, 0.5) is 10.1 Å². The van der Waals surface area contributed by atoms with Crippen LogP contribution in [0.2, 0.25) is 0 Å². The Bertz CT molecular complexity index is 1030. The van der Waals surface area contributed by atoms with Gasteiger partial charge in [0.05, 0.1) is 12.2 Å². The first-order valence-electron chi connectivity index (χ1n) is 10.6. The number of hydrogen-bond donors (Lipinski definition) is 1. The molecule has 0 radical (unpaired) electrons. The van der Waals surface area contributed by atoms with E-state index in [-0.39, 0.29) is 25.6 Å². The lowest BCUT2D eigenvalue weighted by Gasteiger charge is -2.27. The van der Waals surface area contributed by atoms with Crippen LogP contribution in [0.5, 0.6) is 0 Å². The Labute approximate surface area is 197 Å². The van der Waals surface area contributed by atoms with E-state index >= 15 is 0 Å². The topological polar surface area (TPSA) is 82.4 Å². The minimum Gasteiger partial charge on any atom is -0.480 e. The van der Waals surface area contributed by atoms with E-state index in [0.29, 0.717) is 18.1 Å². The third-order valence-electron chi connectivity index (χ3n) is 5.03. The Morgan fingerprint density at radius 1 is 1.24 bits per heavy atom. The van der Waals surface area contributed by atoms with Gasteiger partial charge in [-0.15, -0.1) is 16.9 Å². The molecule has 0 atom stereocenters. The Hall–Kier alpha value is -2.91. The Balaban J connectivity index is 1.69. The number of carbonyl (C=O) groups is 2. The zero-order chi connectivity index (χ0) is 24.0. The second-order valence-electron chi connectivity index (χ2n) is 8.29. The number of carboxylic acids is 1. The van der Waals surface area contributed by atoms with Crippen molar-refractivity contribution in [2.75, 3.05) is 31.4 Å². The fourth-order valence-electron chi connectivity index (χ4n) is 3.23. The van der Waals surface area contributed by atoms with Crippen LogP contribution in [0.25, 0.3) is 0 Å². The zero-order valence-corrected chi connectivity index (χ0v) is 19.8. The van der Waals surface area contributed by atoms with Crippen LogP contribution in [0.1, 0.15) is 25.0 Å². The maximum atomic E-state index is 13.2. The van der Waals surface area contributed by atoms with E-state index in [1.165, 1.54) is 16.8 Å². The van der Waals surface area contributed by atoms with Crippen molar-refractivity contribution in [3.05, 3.63) is 59.7 Å². The summed E-state index contributed by atoms with van der Waals surface area (Å²) in [5.41, 5.74) is 2.62. The standard InChI is InChI=1S/C24H28FN3O4S/c1-17-5-4-6-19(13-17)28-22(29)16-32-21(26-28)15-27(12-11-25)14-18-7-9-20(10-8-18)33-24(2,3)23(30)31/h4-10,13H,11-12,14-16H2,1-3H3,(H,30,31). The minimum absolute atomic E-state index is 0.123. The molecule has 1 N–H and O–H groups in total. The van der Waals surface area contributed by atoms with Gasteiger partial charge >= 0.3 is 5.97 Å². The summed E-state index contributed by atoms with van der Waals surface area (Å²) in [6.07, 6.45) is 0. The SMILES string of the molecule is Cc1cccc(N2N=C(CN(CCF)Cc3ccc(SC(C)(C)C(=O)O)cc3)OCC2=O)c1. The number of thioether (sulfide) groups is 1. The predicted octanol–water partition coefficient (Wildman–Crippen LogP) is 4.10. The quantitative estimate of drug-likeness (QED) is 0.523. The van der Waals surface area contributed by atoms with Gasteiger partial charge in [0.1, 0.15) is 11.4 Å². The number of carbonyl (C=O) groups excluding carboxylic acids is 1. The van der Waals surface area contributed by atoms with Crippen molar-refractivity contribution in [3.63, 3.8) is 0 Å². The van der Waals surface area contributed by atoms with Gasteiger partial charge in [-0.05, 0) is 56.2 Å². The normalized spacial score (nSPS) is 14.3. The number of hydrazone groups is 1. The summed E-state index contributed by atoms with van der Waals surface area (Å²) < 4.78 is 17.8. The molecule has 3 rings (SSSR count). The average Bonchev–Trinajstić information content (AvgIpc) is 2.76. The number of aliphatic carboxylic acids is 1. The highest BCUT2D eigenvalue weighted by Gasteiger charge is 2.28. The molecule has 0 fully saturated rings. The van der Waals surface area contributed by atoms with Crippen LogP contribution in [-0.2, 0) is 20.9 Å². The number of ether oxygens (including phenoxy) is 1. The maximum absolute atomic E-state index is 13.2. The van der Waals surface area contributed by atoms with Gasteiger partial charge in [0.15, 0.2) is 6.61 Å². The van der Waals surface area contributed by atoms with E-state index in [9.17, 15) is 19.1 Å². The molecule has 33 heavy (non-hydrogen) atoms. The van der Waals surface area contributed by atoms with Crippen LogP contribution < -0.4 is 5.01 Å². The van der Waals surface area contributed by atoms with E-state index in [4.69, 9.17) is 4.74 Å². The molecule has 0 bridgehead atoms. The molecule has 1 heterocycles. The number of amides is 1. The van der Waals surface area contributed by atoms with Crippen molar-refractivity contribution in [1.82, 2.24) is 4.90 Å². The third kappa shape index (κ3) is 6.79. The van der Waals surface area contributed by atoms with Gasteiger partial charge < -0.3 is 9.84 Å². The first kappa shape index (κ1) is 24.7. The van der Waals surface area contributed by atoms with Crippen molar-refractivity contribution >= 4 is 35.2 Å². The number of aryl methyl sites for hydroxylation is 1. The maximum Gasteiger partial charge on any atom is 0.319 e. The summed E-state index contributed by atoms with van der Waals surface area (Å²) in [5, 5.41) is 15.0. The van der Waals surface area contributed by atoms with Crippen molar-refractivity contribution in [2.24, 2.45) is 5.10 Å². The molecular formula is C24H28FN3O4S. The zero-order valence-electron chi connectivity index (χ0n) is 19.0. The average molecular weight is 474 g/mol. The molecule has 0 unspecified atom stereocenters. The highest BCUT2D eigenvalue weighted by molar-refractivity contribution is 8.01. The monoisotopic (exact) mass is 473 g/mol. The molecule has 7 nitrogen and oxygen atoms in total. The van der Waals surface area contributed by atoms with Gasteiger partial charge in [-0.25, -0.2) is 4.39 Å². The van der Waals surface area contributed by atoms with E-state index in [2.05, 4.69) is 5.10 Å². The fraction of sp³-hybridized carbons (Fsp3) is 0.375. The van der Waals surface area contributed by atoms with Gasteiger partial charge in [0.25, 0.3) is 5.91 Å². The van der Waals surface area contributed by atoms with E-state index in [1.807, 2.05) is 60.4 Å². The van der Waals surface area contributed by atoms with Gasteiger partial charge in [0.2, 0.25) is 5.90 Å². The van der Waals surface area contributed by atoms with Crippen LogP contribution in [0, 0.1) is 6.92 Å². The molecule has 0 aromatic heterocycles. The molecule has 0 saturated carbocycles. The molecule has 1 aliphatic rings. The number of carboxylic acid groups (broad SMARTS) is 1. The molecule has 2 aromatic rings. The van der Waals surface area contributed by atoms with Gasteiger partial charge in [-0.3, -0.25) is 14.5 Å². The van der Waals surface area contributed by atoms with Crippen LogP contribution in [0.3, 0.4) is 0 Å². The Morgan fingerprint density at radius 2 is 1.97 bits per heavy atom. The van der Waals surface area contributed by atoms with Crippen molar-refractivity contribution in [1.29, 1.82) is 0 Å². The third-order valence-corrected chi connectivity index (χ3v) is 6.23. The number of hydrogen-bond acceptors (Lipinski definition) is 6. The number of benzene rings is 2. The molecule has 2 aromatic carbocycles. The smallest absolute Gasteiger partial charge is 0.319 e. The molecule has 0 aliphatic carbocycles. The molecule has 0 saturated heterocycles. The summed E-state index contributed by atoms with van der Waals surface area (Å²) in [6, 6.07) is 15.0. The lowest BCUT2D eigenvalue weighted by molar-refractivity contribution is -0.138. The first-order chi connectivity index (χ1) is 15.7. The summed E-state index contributed by atoms with van der Waals surface area (Å²) >= 11 is 1.27. The summed E-state index contributed by atoms with van der Waals surface area (Å²) in [4.78, 5) is 26.3. The molecule has 1 amide bonds. The molecule has 1 aliphatic heterocycles. The van der Waals surface area contributed by atoms with Gasteiger partial charge in [-0.2, -0.15) is 5.01 Å². The predicted molar refractivity (Wildman–Crippen MR) is 127 cm³/mol. The second-order valence-corrected chi connectivity index (χ2v) is 9.98. The van der Waals surface area contributed by atoms with Crippen LogP contribution >= 0.6 is 11.8 Å². The minimum atomic E-state index is -0.932. The Kier molecular flexibility index (Phi) is 8.10. The highest BCUT2D eigenvalue weighted by atomic mass is 32.2. The molecule has 176 valence electrons. The van der Waals surface area contributed by atoms with Crippen molar-refractivity contribution in [2.45, 2.75) is 37.0 Å². The summed E-state index contributed by atoms with van der Waals surface area (Å²) in [7, 11) is 0. The summed E-state index contributed by atoms with van der Waals surface area (Å²) in [5.74, 6) is -0.796. The largest absolute Gasteiger partial charge is 0.480 e. The Morgan fingerprint density at radius 3 is 2.61 bits per heavy atom. The highest BCUT2D eigenvalue weighted by Crippen LogP contribution is 2.32. The number of halogens is 1. The van der Waals surface area contributed by atoms with Crippen molar-refractivity contribution < 1.29 is 23.8 Å². The molecular weight excluding hydrogens is 445 g/mol. The fourth-order valence-corrected chi connectivity index (χ4v) is 4.17. The number of anilines is 1. The van der Waals surface area contributed by atoms with E-state index in [0.717, 1.165) is 16.0 Å². The number of rotatable bonds is 10. The second kappa shape index (κ2) is 10.8. The van der Waals surface area contributed by atoms with E-state index < -0.39 is 17.4 Å². The number of alkyl halides is 1. The lowest BCUT2D eigenvalue weighted by Crippen LogP contribution is -2.41. The van der Waals surface area contributed by atoms with Crippen LogP contribution in [-0.4, -0.2) is 58.9 Å². The van der Waals surface area contributed by atoms with Crippen molar-refractivity contribution in [3.8, 4) is 0 Å².